The molecule has 0 fully saturated rings. The molecule has 78 valence electrons. The van der Waals surface area contributed by atoms with Gasteiger partial charge in [0.05, 0.1) is 6.10 Å². The maximum atomic E-state index is 13.0. The molecule has 13 heavy (non-hydrogen) atoms. The van der Waals surface area contributed by atoms with Gasteiger partial charge >= 0.3 is 5.97 Å². The lowest BCUT2D eigenvalue weighted by molar-refractivity contribution is -0.149. The highest BCUT2D eigenvalue weighted by atomic mass is 19.1. The van der Waals surface area contributed by atoms with Crippen LogP contribution in [0.2, 0.25) is 0 Å². The Morgan fingerprint density at radius 1 is 1.54 bits per heavy atom. The van der Waals surface area contributed by atoms with Crippen molar-refractivity contribution in [2.45, 2.75) is 51.9 Å². The highest BCUT2D eigenvalue weighted by Crippen LogP contribution is 2.16. The first kappa shape index (κ1) is 12.4. The first-order valence-electron chi connectivity index (χ1n) is 4.37. The zero-order valence-electron chi connectivity index (χ0n) is 8.63. The van der Waals surface area contributed by atoms with Crippen molar-refractivity contribution >= 4 is 5.97 Å². The van der Waals surface area contributed by atoms with Crippen LogP contribution in [-0.4, -0.2) is 23.8 Å². The molecule has 0 aliphatic carbocycles. The monoisotopic (exact) mass is 191 g/mol. The van der Waals surface area contributed by atoms with Crippen molar-refractivity contribution in [2.24, 2.45) is 5.73 Å². The molecule has 0 unspecified atom stereocenters. The predicted octanol–water partition coefficient (Wildman–Crippen LogP) is 1.40. The van der Waals surface area contributed by atoms with Gasteiger partial charge in [-0.2, -0.15) is 0 Å². The number of esters is 1. The molecular weight excluding hydrogens is 173 g/mol. The van der Waals surface area contributed by atoms with Gasteiger partial charge in [0.15, 0.2) is 0 Å². The molecular formula is C9H18FNO2. The smallest absolute Gasteiger partial charge is 0.323 e. The molecule has 3 nitrogen and oxygen atoms in total. The largest absolute Gasteiger partial charge is 0.462 e. The number of carbonyl (C=O) groups excluding carboxylic acids is 1. The fourth-order valence-electron chi connectivity index (χ4n) is 0.926. The third-order valence-electron chi connectivity index (χ3n) is 1.36. The van der Waals surface area contributed by atoms with Crippen LogP contribution < -0.4 is 5.73 Å². The molecule has 0 radical (unpaired) electrons. The number of rotatable bonds is 4. The molecule has 2 N–H and O–H groups in total. The normalized spacial score (nSPS) is 14.4. The summed E-state index contributed by atoms with van der Waals surface area (Å²) in [5, 5.41) is 0. The average Bonchev–Trinajstić information content (AvgIpc) is 1.81. The van der Waals surface area contributed by atoms with E-state index >= 15 is 0 Å². The van der Waals surface area contributed by atoms with E-state index in [1.54, 1.807) is 13.8 Å². The van der Waals surface area contributed by atoms with Crippen molar-refractivity contribution in [2.75, 3.05) is 0 Å². The number of hydrogen-bond acceptors (Lipinski definition) is 3. The van der Waals surface area contributed by atoms with E-state index in [9.17, 15) is 9.18 Å². The van der Waals surface area contributed by atoms with Gasteiger partial charge in [-0.1, -0.05) is 0 Å². The number of hydrogen-bond donors (Lipinski definition) is 1. The number of ether oxygens (including phenoxy) is 1. The van der Waals surface area contributed by atoms with E-state index in [0.29, 0.717) is 0 Å². The van der Waals surface area contributed by atoms with E-state index in [1.165, 1.54) is 13.8 Å². The van der Waals surface area contributed by atoms with Crippen LogP contribution in [0.3, 0.4) is 0 Å². The highest BCUT2D eigenvalue weighted by Gasteiger charge is 2.26. The molecule has 0 rings (SSSR count). The Kier molecular flexibility index (Phi) is 4.33. The Bertz CT molecular complexity index is 175. The molecule has 0 aliphatic rings. The van der Waals surface area contributed by atoms with Crippen LogP contribution in [0.5, 0.6) is 0 Å². The topological polar surface area (TPSA) is 52.3 Å². The summed E-state index contributed by atoms with van der Waals surface area (Å²) in [6.07, 6.45) is -0.222. The van der Waals surface area contributed by atoms with Gasteiger partial charge < -0.3 is 10.5 Å². The molecule has 0 amide bonds. The van der Waals surface area contributed by atoms with Crippen LogP contribution in [0.4, 0.5) is 4.39 Å². The second kappa shape index (κ2) is 4.56. The molecule has 0 bridgehead atoms. The number of alkyl halides is 1. The Morgan fingerprint density at radius 2 is 2.00 bits per heavy atom. The summed E-state index contributed by atoms with van der Waals surface area (Å²) < 4.78 is 17.9. The lowest BCUT2D eigenvalue weighted by Gasteiger charge is -2.19. The van der Waals surface area contributed by atoms with Crippen molar-refractivity contribution < 1.29 is 13.9 Å². The highest BCUT2D eigenvalue weighted by molar-refractivity contribution is 5.75. The van der Waals surface area contributed by atoms with E-state index in [1.807, 2.05) is 0 Å². The zero-order valence-corrected chi connectivity index (χ0v) is 8.63. The summed E-state index contributed by atoms with van der Waals surface area (Å²) in [6.45, 7) is 6.22. The zero-order chi connectivity index (χ0) is 10.6. The Labute approximate surface area is 78.4 Å². The summed E-state index contributed by atoms with van der Waals surface area (Å²) in [4.78, 5) is 11.1. The third kappa shape index (κ3) is 6.51. The van der Waals surface area contributed by atoms with Crippen molar-refractivity contribution in [1.29, 1.82) is 0 Å². The van der Waals surface area contributed by atoms with Crippen LogP contribution in [0.25, 0.3) is 0 Å². The summed E-state index contributed by atoms with van der Waals surface area (Å²) in [5.41, 5.74) is 4.00. The first-order valence-corrected chi connectivity index (χ1v) is 4.37. The second-order valence-electron chi connectivity index (χ2n) is 4.01. The summed E-state index contributed by atoms with van der Waals surface area (Å²) in [7, 11) is 0. The fraction of sp³-hybridized carbons (Fsp3) is 0.889. The molecule has 4 heteroatoms. The first-order chi connectivity index (χ1) is 5.72. The minimum absolute atomic E-state index is 0.0153. The van der Waals surface area contributed by atoms with Gasteiger partial charge in [-0.15, -0.1) is 0 Å². The van der Waals surface area contributed by atoms with E-state index in [-0.39, 0.29) is 12.5 Å². The van der Waals surface area contributed by atoms with Gasteiger partial charge in [-0.05, 0) is 27.7 Å². The van der Waals surface area contributed by atoms with Gasteiger partial charge in [0.1, 0.15) is 11.7 Å². The second-order valence-corrected chi connectivity index (χ2v) is 4.01. The van der Waals surface area contributed by atoms with E-state index in [2.05, 4.69) is 0 Å². The van der Waals surface area contributed by atoms with Crippen LogP contribution in [0, 0.1) is 0 Å². The van der Waals surface area contributed by atoms with Crippen LogP contribution in [0.1, 0.15) is 34.1 Å². The Morgan fingerprint density at radius 3 is 2.31 bits per heavy atom. The molecule has 0 aliphatic heterocycles. The SMILES string of the molecule is CC(C)OC(=O)[C@@H](N)CC(C)(C)F. The lowest BCUT2D eigenvalue weighted by Crippen LogP contribution is -2.38. The van der Waals surface area contributed by atoms with Gasteiger partial charge in [0.25, 0.3) is 0 Å². The molecule has 0 heterocycles. The molecule has 0 spiro atoms. The summed E-state index contributed by atoms with van der Waals surface area (Å²) in [5.74, 6) is -0.541. The van der Waals surface area contributed by atoms with Crippen LogP contribution in [0.15, 0.2) is 0 Å². The molecule has 0 saturated heterocycles. The molecule has 0 aromatic carbocycles. The standard InChI is InChI=1S/C9H18FNO2/c1-6(2)13-8(12)7(11)5-9(3,4)10/h6-7H,5,11H2,1-4H3/t7-/m0/s1. The van der Waals surface area contributed by atoms with E-state index < -0.39 is 17.7 Å². The Hall–Kier alpha value is -0.640. The number of carbonyl (C=O) groups is 1. The maximum Gasteiger partial charge on any atom is 0.323 e. The van der Waals surface area contributed by atoms with Crippen molar-refractivity contribution in [3.63, 3.8) is 0 Å². The van der Waals surface area contributed by atoms with Crippen molar-refractivity contribution in [1.82, 2.24) is 0 Å². The van der Waals surface area contributed by atoms with Crippen LogP contribution in [-0.2, 0) is 9.53 Å². The molecule has 0 aromatic rings. The molecule has 0 aromatic heterocycles. The molecule has 1 atom stereocenters. The van der Waals surface area contributed by atoms with Crippen molar-refractivity contribution in [3.8, 4) is 0 Å². The van der Waals surface area contributed by atoms with E-state index in [4.69, 9.17) is 10.5 Å². The van der Waals surface area contributed by atoms with E-state index in [0.717, 1.165) is 0 Å². The van der Waals surface area contributed by atoms with Crippen molar-refractivity contribution in [3.05, 3.63) is 0 Å². The van der Waals surface area contributed by atoms with Gasteiger partial charge in [0.2, 0.25) is 0 Å². The fourth-order valence-corrected chi connectivity index (χ4v) is 0.926. The maximum absolute atomic E-state index is 13.0. The number of halogens is 1. The van der Waals surface area contributed by atoms with Crippen LogP contribution >= 0.6 is 0 Å². The summed E-state index contributed by atoms with van der Waals surface area (Å²) in [6, 6.07) is -0.873. The van der Waals surface area contributed by atoms with Gasteiger partial charge in [-0.25, -0.2) is 4.39 Å². The van der Waals surface area contributed by atoms with Gasteiger partial charge in [0, 0.05) is 6.42 Å². The third-order valence-corrected chi connectivity index (χ3v) is 1.36. The van der Waals surface area contributed by atoms with Gasteiger partial charge in [-0.3, -0.25) is 4.79 Å². The predicted molar refractivity (Wildman–Crippen MR) is 49.0 cm³/mol. The summed E-state index contributed by atoms with van der Waals surface area (Å²) >= 11 is 0. The quantitative estimate of drug-likeness (QED) is 0.683. The minimum Gasteiger partial charge on any atom is -0.462 e. The number of nitrogens with two attached hydrogens (primary N) is 1. The molecule has 0 saturated carbocycles. The minimum atomic E-state index is -1.44. The lowest BCUT2D eigenvalue weighted by atomic mass is 10.0. The Balaban J connectivity index is 3.97. The average molecular weight is 191 g/mol.